The number of hydrogen-bond donors (Lipinski definition) is 0. The number of rotatable bonds is 0. The molecular weight excluding hydrogens is 176 g/mol. The van der Waals surface area contributed by atoms with Crippen molar-refractivity contribution in [3.05, 3.63) is 0 Å². The molecule has 0 saturated carbocycles. The fourth-order valence-corrected chi connectivity index (χ4v) is 0. The summed E-state index contributed by atoms with van der Waals surface area (Å²) in [5, 5.41) is 0. The predicted molar refractivity (Wildman–Crippen MR) is 38.1 cm³/mol. The summed E-state index contributed by atoms with van der Waals surface area (Å²) < 4.78 is 0. The smallest absolute Gasteiger partial charge is 1.00 e. The van der Waals surface area contributed by atoms with Crippen LogP contribution < -0.4 is 0 Å². The average molecular weight is 190 g/mol. The molecule has 8 heavy (non-hydrogen) atoms. The van der Waals surface area contributed by atoms with Gasteiger partial charge in [0, 0.05) is 5.41 Å². The maximum atomic E-state index is 10.5. The Hall–Kier alpha value is 1.15. The van der Waals surface area contributed by atoms with Gasteiger partial charge in [-0.05, 0) is 6.92 Å². The van der Waals surface area contributed by atoms with E-state index in [1.165, 1.54) is 0 Å². The van der Waals surface area contributed by atoms with Crippen molar-refractivity contribution >= 4 is 51.3 Å². The largest absolute Gasteiger partial charge is 2.00 e. The van der Waals surface area contributed by atoms with Crippen LogP contribution in [0.15, 0.2) is 0 Å². The Morgan fingerprint density at radius 3 is 1.50 bits per heavy atom. The molecule has 0 unspecified atom stereocenters. The number of hydrogen-bond acceptors (Lipinski definition) is 1. The van der Waals surface area contributed by atoms with E-state index >= 15 is 0 Å². The average Bonchev–Trinajstić information content (AvgIpc) is 1.31. The van der Waals surface area contributed by atoms with Crippen LogP contribution in [-0.2, 0) is 4.79 Å². The Bertz CT molecular complexity index is 88.2. The zero-order valence-electron chi connectivity index (χ0n) is 8.12. The molecule has 0 aromatic carbocycles. The minimum absolute atomic E-state index is 0. The minimum atomic E-state index is -0.139. The van der Waals surface area contributed by atoms with Crippen molar-refractivity contribution in [2.45, 2.75) is 27.7 Å². The second kappa shape index (κ2) is 4.04. The van der Waals surface area contributed by atoms with E-state index in [4.69, 9.17) is 0 Å². The number of carbonyl (C=O) groups excluding carboxylic acids is 1. The molecule has 0 aliphatic carbocycles. The first-order valence-electron chi connectivity index (χ1n) is 2.45. The van der Waals surface area contributed by atoms with Crippen LogP contribution in [0.5, 0.6) is 0 Å². The van der Waals surface area contributed by atoms with Crippen molar-refractivity contribution in [3.63, 3.8) is 0 Å². The van der Waals surface area contributed by atoms with Crippen molar-refractivity contribution in [2.24, 2.45) is 5.41 Å². The predicted octanol–water partition coefficient (Wildman–Crippen LogP) is 1.47. The van der Waals surface area contributed by atoms with Gasteiger partial charge in [-0.1, -0.05) is 20.8 Å². The number of carbonyl (C=O) groups is 1. The summed E-state index contributed by atoms with van der Waals surface area (Å²) in [5.74, 6) is 0.243. The number of ketones is 1. The third-order valence-corrected chi connectivity index (χ3v) is 1.06. The summed E-state index contributed by atoms with van der Waals surface area (Å²) in [7, 11) is 0. The maximum absolute atomic E-state index is 10.5. The molecular formula is C6H14OSr. The topological polar surface area (TPSA) is 17.1 Å². The molecule has 0 radical (unpaired) electrons. The third kappa shape index (κ3) is 5.29. The van der Waals surface area contributed by atoms with Crippen molar-refractivity contribution in [1.82, 2.24) is 0 Å². The van der Waals surface area contributed by atoms with Crippen molar-refractivity contribution in [1.29, 1.82) is 0 Å². The second-order valence-electron chi connectivity index (χ2n) is 2.81. The van der Waals surface area contributed by atoms with E-state index in [1.54, 1.807) is 6.92 Å². The minimum Gasteiger partial charge on any atom is -1.00 e. The maximum Gasteiger partial charge on any atom is 2.00 e. The van der Waals surface area contributed by atoms with Gasteiger partial charge in [0.15, 0.2) is 0 Å². The van der Waals surface area contributed by atoms with Crippen LogP contribution in [0.2, 0.25) is 0 Å². The molecule has 0 aromatic rings. The molecule has 0 aliphatic heterocycles. The third-order valence-electron chi connectivity index (χ3n) is 1.06. The first kappa shape index (κ1) is 11.9. The van der Waals surface area contributed by atoms with Gasteiger partial charge in [0.05, 0.1) is 0 Å². The summed E-state index contributed by atoms with van der Waals surface area (Å²) >= 11 is 0. The van der Waals surface area contributed by atoms with Crippen LogP contribution in [0.1, 0.15) is 30.5 Å². The number of Topliss-reactive ketones (excluding diaryl/α,β-unsaturated/α-hetero) is 1. The van der Waals surface area contributed by atoms with Gasteiger partial charge in [0.25, 0.3) is 0 Å². The van der Waals surface area contributed by atoms with Gasteiger partial charge in [-0.15, -0.1) is 0 Å². The summed E-state index contributed by atoms with van der Waals surface area (Å²) in [5.41, 5.74) is -0.139. The van der Waals surface area contributed by atoms with Crippen LogP contribution in [0.25, 0.3) is 0 Å². The molecule has 0 atom stereocenters. The van der Waals surface area contributed by atoms with E-state index in [0.717, 1.165) is 0 Å². The molecule has 2 heteroatoms. The summed E-state index contributed by atoms with van der Waals surface area (Å²) in [4.78, 5) is 10.5. The summed E-state index contributed by atoms with van der Waals surface area (Å²) in [6.07, 6.45) is 0. The second-order valence-corrected chi connectivity index (χ2v) is 2.81. The zero-order valence-corrected chi connectivity index (χ0v) is 9.59. The molecule has 0 N–H and O–H groups in total. The van der Waals surface area contributed by atoms with Gasteiger partial charge in [-0.2, -0.15) is 0 Å². The molecule has 0 spiro atoms. The van der Waals surface area contributed by atoms with Gasteiger partial charge in [0.1, 0.15) is 5.78 Å². The molecule has 0 aliphatic rings. The molecule has 0 aromatic heterocycles. The van der Waals surface area contributed by atoms with Crippen LogP contribution in [0.3, 0.4) is 0 Å². The quantitative estimate of drug-likeness (QED) is 0.528. The normalized spacial score (nSPS) is 10.0. The van der Waals surface area contributed by atoms with Crippen molar-refractivity contribution in [3.8, 4) is 0 Å². The SMILES string of the molecule is CC(=O)C(C)(C)C.[H-].[H-].[Sr+2]. The Morgan fingerprint density at radius 1 is 1.38 bits per heavy atom. The first-order chi connectivity index (χ1) is 2.94. The van der Waals surface area contributed by atoms with Gasteiger partial charge < -0.3 is 2.85 Å². The molecule has 0 saturated heterocycles. The van der Waals surface area contributed by atoms with E-state index in [-0.39, 0.29) is 59.5 Å². The van der Waals surface area contributed by atoms with Crippen LogP contribution in [0.4, 0.5) is 0 Å². The van der Waals surface area contributed by atoms with Crippen LogP contribution in [-0.4, -0.2) is 51.3 Å². The molecule has 46 valence electrons. The zero-order chi connectivity index (χ0) is 6.08. The Balaban J connectivity index is -0.0000000600. The standard InChI is InChI=1S/C6H12O.Sr.2H/c1-5(7)6(2,3)4;;;/h1-4H3;;;/q;+2;2*-1. The fourth-order valence-electron chi connectivity index (χ4n) is 0. The summed E-state index contributed by atoms with van der Waals surface area (Å²) in [6.45, 7) is 7.35. The van der Waals surface area contributed by atoms with Crippen LogP contribution >= 0.6 is 0 Å². The molecule has 0 bridgehead atoms. The van der Waals surface area contributed by atoms with E-state index < -0.39 is 0 Å². The van der Waals surface area contributed by atoms with E-state index in [9.17, 15) is 4.79 Å². The first-order valence-corrected chi connectivity index (χ1v) is 2.45. The van der Waals surface area contributed by atoms with Crippen molar-refractivity contribution < 1.29 is 7.65 Å². The van der Waals surface area contributed by atoms with E-state index in [2.05, 4.69) is 0 Å². The van der Waals surface area contributed by atoms with Crippen molar-refractivity contribution in [2.75, 3.05) is 0 Å². The Kier molecular flexibility index (Phi) is 6.01. The van der Waals surface area contributed by atoms with Gasteiger partial charge in [-0.3, -0.25) is 4.79 Å². The van der Waals surface area contributed by atoms with E-state index in [1.807, 2.05) is 20.8 Å². The molecule has 0 amide bonds. The molecule has 1 nitrogen and oxygen atoms in total. The van der Waals surface area contributed by atoms with E-state index in [0.29, 0.717) is 0 Å². The Labute approximate surface area is 91.1 Å². The van der Waals surface area contributed by atoms with Gasteiger partial charge >= 0.3 is 45.5 Å². The monoisotopic (exact) mass is 190 g/mol. The fraction of sp³-hybridized carbons (Fsp3) is 0.833. The molecule has 0 fully saturated rings. The van der Waals surface area contributed by atoms with Crippen LogP contribution in [0, 0.1) is 5.41 Å². The summed E-state index contributed by atoms with van der Waals surface area (Å²) in [6, 6.07) is 0. The van der Waals surface area contributed by atoms with Gasteiger partial charge in [0.2, 0.25) is 0 Å². The van der Waals surface area contributed by atoms with Gasteiger partial charge in [-0.25, -0.2) is 0 Å². The Morgan fingerprint density at radius 2 is 1.50 bits per heavy atom. The molecule has 0 rings (SSSR count). The molecule has 0 heterocycles.